The van der Waals surface area contributed by atoms with Gasteiger partial charge in [-0.3, -0.25) is 9.36 Å². The summed E-state index contributed by atoms with van der Waals surface area (Å²) in [5.74, 6) is -1.02. The van der Waals surface area contributed by atoms with Crippen molar-refractivity contribution < 1.29 is 13.9 Å². The molecule has 0 saturated heterocycles. The number of aromatic nitrogens is 2. The van der Waals surface area contributed by atoms with E-state index >= 15 is 0 Å². The van der Waals surface area contributed by atoms with Crippen molar-refractivity contribution in [3.05, 3.63) is 167 Å². The van der Waals surface area contributed by atoms with E-state index in [9.17, 15) is 14.0 Å². The second-order valence-electron chi connectivity index (χ2n) is 10.9. The number of carbonyl (C=O) groups is 1. The topological polar surface area (TPSA) is 65.6 Å². The Balaban J connectivity index is 1.44. The Kier molecular flexibility index (Phi) is 8.40. The molecule has 0 aliphatic carbocycles. The van der Waals surface area contributed by atoms with Gasteiger partial charge in [0.2, 0.25) is 0 Å². The maximum absolute atomic E-state index is 14.3. The molecule has 1 aliphatic heterocycles. The Hall–Kier alpha value is -4.76. The molecule has 10 heteroatoms. The number of rotatable bonds is 7. The SMILES string of the molecule is CCOC(=O)C1=C(c2ccccc2)N=c2s/c(=C\c3cn(Cc4ccc(Cl)cc4Cl)c4ccccc34)c(=O)n2[C@@H]1c1ccc(F)cc1. The van der Waals surface area contributed by atoms with Crippen molar-refractivity contribution in [2.45, 2.75) is 19.5 Å². The molecule has 0 radical (unpaired) electrons. The lowest BCUT2D eigenvalue weighted by atomic mass is 9.93. The second kappa shape index (κ2) is 12.8. The molecule has 0 spiro atoms. The minimum atomic E-state index is -0.892. The minimum Gasteiger partial charge on any atom is -0.463 e. The molecule has 0 N–H and O–H groups in total. The molecule has 7 rings (SSSR count). The Labute approximate surface area is 282 Å². The summed E-state index contributed by atoms with van der Waals surface area (Å²) in [5.41, 5.74) is 4.25. The Morgan fingerprint density at radius 1 is 1.00 bits per heavy atom. The van der Waals surface area contributed by atoms with Crippen molar-refractivity contribution >= 4 is 63.2 Å². The molecular formula is C37H26Cl2FN3O3S. The van der Waals surface area contributed by atoms with Crippen molar-refractivity contribution in [1.82, 2.24) is 9.13 Å². The lowest BCUT2D eigenvalue weighted by Gasteiger charge is -2.25. The van der Waals surface area contributed by atoms with E-state index in [1.807, 2.05) is 79.0 Å². The first-order valence-corrected chi connectivity index (χ1v) is 16.5. The standard InChI is InChI=1S/C37H26Cl2FN3O3S/c1-2-46-36(45)32-33(22-8-4-3-5-9-22)41-37-43(34(32)23-13-16-27(40)17-14-23)35(44)31(47-37)18-25-21-42(30-11-7-6-10-28(25)30)20-24-12-15-26(38)19-29(24)39/h3-19,21,34H,2,20H2,1H3/b31-18-/t34-/m1/s1. The highest BCUT2D eigenvalue weighted by Gasteiger charge is 2.35. The van der Waals surface area contributed by atoms with Gasteiger partial charge in [-0.25, -0.2) is 14.2 Å². The number of esters is 1. The first kappa shape index (κ1) is 30.9. The van der Waals surface area contributed by atoms with Crippen molar-refractivity contribution in [3.63, 3.8) is 0 Å². The molecule has 4 aromatic carbocycles. The van der Waals surface area contributed by atoms with E-state index in [1.54, 1.807) is 25.1 Å². The van der Waals surface area contributed by atoms with Crippen LogP contribution in [0.15, 0.2) is 119 Å². The van der Waals surface area contributed by atoms with Crippen molar-refractivity contribution in [2.75, 3.05) is 6.61 Å². The average Bonchev–Trinajstić information content (AvgIpc) is 3.58. The second-order valence-corrected chi connectivity index (χ2v) is 12.8. The van der Waals surface area contributed by atoms with Gasteiger partial charge in [-0.2, -0.15) is 0 Å². The molecule has 0 saturated carbocycles. The molecule has 0 unspecified atom stereocenters. The highest BCUT2D eigenvalue weighted by molar-refractivity contribution is 7.07. The van der Waals surface area contributed by atoms with Crippen LogP contribution in [0, 0.1) is 5.82 Å². The molecule has 0 fully saturated rings. The molecule has 3 heterocycles. The average molecular weight is 683 g/mol. The van der Waals surface area contributed by atoms with Gasteiger partial charge in [0, 0.05) is 44.8 Å². The van der Waals surface area contributed by atoms with Gasteiger partial charge in [0.1, 0.15) is 5.82 Å². The van der Waals surface area contributed by atoms with Gasteiger partial charge in [0.05, 0.1) is 28.5 Å². The fourth-order valence-electron chi connectivity index (χ4n) is 5.90. The van der Waals surface area contributed by atoms with Crippen molar-refractivity contribution in [2.24, 2.45) is 4.99 Å². The molecule has 6 aromatic rings. The van der Waals surface area contributed by atoms with Crippen LogP contribution in [0.25, 0.3) is 22.7 Å². The first-order chi connectivity index (χ1) is 22.8. The van der Waals surface area contributed by atoms with E-state index in [-0.39, 0.29) is 17.7 Å². The molecule has 1 atom stereocenters. The third-order valence-corrected chi connectivity index (χ3v) is 9.59. The predicted molar refractivity (Wildman–Crippen MR) is 185 cm³/mol. The zero-order chi connectivity index (χ0) is 32.7. The normalized spacial score (nSPS) is 14.7. The van der Waals surface area contributed by atoms with E-state index < -0.39 is 17.8 Å². The third kappa shape index (κ3) is 5.84. The molecular weight excluding hydrogens is 656 g/mol. The lowest BCUT2D eigenvalue weighted by Crippen LogP contribution is -2.40. The quantitative estimate of drug-likeness (QED) is 0.165. The third-order valence-electron chi connectivity index (χ3n) is 8.02. The summed E-state index contributed by atoms with van der Waals surface area (Å²) in [6, 6.07) is 27.6. The van der Waals surface area contributed by atoms with Gasteiger partial charge in [-0.15, -0.1) is 0 Å². The summed E-state index contributed by atoms with van der Waals surface area (Å²) in [6.45, 7) is 2.36. The minimum absolute atomic E-state index is 0.135. The van der Waals surface area contributed by atoms with Gasteiger partial charge in [0.25, 0.3) is 5.56 Å². The smallest absolute Gasteiger partial charge is 0.338 e. The van der Waals surface area contributed by atoms with Gasteiger partial charge >= 0.3 is 5.97 Å². The molecule has 47 heavy (non-hydrogen) atoms. The Morgan fingerprint density at radius 2 is 1.74 bits per heavy atom. The molecule has 0 bridgehead atoms. The Morgan fingerprint density at radius 3 is 2.49 bits per heavy atom. The fourth-order valence-corrected chi connectivity index (χ4v) is 7.36. The van der Waals surface area contributed by atoms with Crippen LogP contribution in [0.5, 0.6) is 0 Å². The number of nitrogens with zero attached hydrogens (tertiary/aromatic N) is 3. The summed E-state index contributed by atoms with van der Waals surface area (Å²) in [4.78, 5) is 33.3. The molecule has 6 nitrogen and oxygen atoms in total. The van der Waals surface area contributed by atoms with Crippen LogP contribution in [0.2, 0.25) is 10.0 Å². The van der Waals surface area contributed by atoms with Crippen LogP contribution in [0.4, 0.5) is 4.39 Å². The van der Waals surface area contributed by atoms with Crippen LogP contribution in [0.1, 0.15) is 35.2 Å². The molecule has 0 amide bonds. The predicted octanol–water partition coefficient (Wildman–Crippen LogP) is 7.38. The number of hydrogen-bond acceptors (Lipinski definition) is 5. The maximum atomic E-state index is 14.3. The summed E-state index contributed by atoms with van der Waals surface area (Å²) < 4.78 is 23.6. The number of thiazole rings is 1. The monoisotopic (exact) mass is 681 g/mol. The van der Waals surface area contributed by atoms with E-state index in [0.717, 1.165) is 22.0 Å². The summed E-state index contributed by atoms with van der Waals surface area (Å²) in [6.07, 6.45) is 3.84. The van der Waals surface area contributed by atoms with Gasteiger partial charge in [-0.1, -0.05) is 101 Å². The van der Waals surface area contributed by atoms with Crippen LogP contribution >= 0.6 is 34.5 Å². The van der Waals surface area contributed by atoms with E-state index in [4.69, 9.17) is 32.9 Å². The zero-order valence-corrected chi connectivity index (χ0v) is 27.3. The summed E-state index contributed by atoms with van der Waals surface area (Å²) >= 11 is 13.9. The lowest BCUT2D eigenvalue weighted by molar-refractivity contribution is -0.138. The first-order valence-electron chi connectivity index (χ1n) is 14.9. The number of benzene rings is 4. The number of halogens is 3. The number of fused-ring (bicyclic) bond motifs is 2. The van der Waals surface area contributed by atoms with E-state index in [1.165, 1.54) is 28.0 Å². The highest BCUT2D eigenvalue weighted by atomic mass is 35.5. The summed E-state index contributed by atoms with van der Waals surface area (Å²) in [7, 11) is 0. The van der Waals surface area contributed by atoms with Gasteiger partial charge in [0.15, 0.2) is 4.80 Å². The molecule has 1 aliphatic rings. The fraction of sp³-hybridized carbons (Fsp3) is 0.108. The molecule has 2 aromatic heterocycles. The zero-order valence-electron chi connectivity index (χ0n) is 25.0. The Bertz CT molecular complexity index is 2380. The number of ether oxygens (including phenoxy) is 1. The van der Waals surface area contributed by atoms with Crippen LogP contribution in [-0.2, 0) is 16.1 Å². The molecule has 234 valence electrons. The maximum Gasteiger partial charge on any atom is 0.338 e. The number of para-hydroxylation sites is 1. The van der Waals surface area contributed by atoms with Crippen LogP contribution in [-0.4, -0.2) is 21.7 Å². The van der Waals surface area contributed by atoms with E-state index in [2.05, 4.69) is 4.57 Å². The highest BCUT2D eigenvalue weighted by Crippen LogP contribution is 2.35. The van der Waals surface area contributed by atoms with Gasteiger partial charge in [-0.05, 0) is 54.5 Å². The van der Waals surface area contributed by atoms with Crippen molar-refractivity contribution in [1.29, 1.82) is 0 Å². The van der Waals surface area contributed by atoms with Gasteiger partial charge < -0.3 is 9.30 Å². The van der Waals surface area contributed by atoms with Crippen molar-refractivity contribution in [3.8, 4) is 0 Å². The number of carbonyl (C=O) groups excluding carboxylic acids is 1. The van der Waals surface area contributed by atoms with Crippen LogP contribution < -0.4 is 14.9 Å². The van der Waals surface area contributed by atoms with E-state index in [0.29, 0.717) is 42.7 Å². The largest absolute Gasteiger partial charge is 0.463 e. The van der Waals surface area contributed by atoms with Crippen LogP contribution in [0.3, 0.4) is 0 Å². The summed E-state index contributed by atoms with van der Waals surface area (Å²) in [5, 5.41) is 2.08. The number of hydrogen-bond donors (Lipinski definition) is 0.